The SMILES string of the molecule is CS(=O)(=O)N[C@H]1CC[C@@]2(Cc3cc(ncc3F)-c3cccc(F)c3OCc3coc2n3)C1. The molecule has 0 saturated heterocycles. The van der Waals surface area contributed by atoms with Gasteiger partial charge in [0.1, 0.15) is 24.4 Å². The molecule has 4 bridgehead atoms. The molecule has 2 atom stereocenters. The molecule has 1 aliphatic carbocycles. The Morgan fingerprint density at radius 3 is 2.91 bits per heavy atom. The van der Waals surface area contributed by atoms with Gasteiger partial charge in [0.2, 0.25) is 15.9 Å². The number of oxazole rings is 1. The van der Waals surface area contributed by atoms with Gasteiger partial charge in [-0.3, -0.25) is 4.98 Å². The fourth-order valence-corrected chi connectivity index (χ4v) is 5.51. The van der Waals surface area contributed by atoms with E-state index in [4.69, 9.17) is 9.15 Å². The Hall–Kier alpha value is -2.85. The number of fused-ring (bicyclic) bond motifs is 7. The Morgan fingerprint density at radius 2 is 2.09 bits per heavy atom. The van der Waals surface area contributed by atoms with Crippen LogP contribution in [0.4, 0.5) is 8.78 Å². The third kappa shape index (κ3) is 3.88. The number of halogens is 2. The van der Waals surface area contributed by atoms with E-state index in [-0.39, 0.29) is 24.8 Å². The summed E-state index contributed by atoms with van der Waals surface area (Å²) in [7, 11) is -3.40. The summed E-state index contributed by atoms with van der Waals surface area (Å²) in [5, 5.41) is 0. The summed E-state index contributed by atoms with van der Waals surface area (Å²) >= 11 is 0. The predicted octanol–water partition coefficient (Wildman–Crippen LogP) is 3.49. The average molecular weight is 461 g/mol. The van der Waals surface area contributed by atoms with E-state index in [1.165, 1.54) is 12.3 Å². The lowest BCUT2D eigenvalue weighted by Crippen LogP contribution is -2.35. The lowest BCUT2D eigenvalue weighted by Gasteiger charge is -2.27. The molecule has 7 nitrogen and oxygen atoms in total. The summed E-state index contributed by atoms with van der Waals surface area (Å²) in [4.78, 5) is 8.71. The third-order valence-corrected chi connectivity index (χ3v) is 6.83. The fraction of sp³-hybridized carbons (Fsp3) is 0.364. The summed E-state index contributed by atoms with van der Waals surface area (Å²) in [6.45, 7) is -0.0212. The number of hydrogen-bond donors (Lipinski definition) is 1. The fourth-order valence-electron chi connectivity index (χ4n) is 4.71. The predicted molar refractivity (Wildman–Crippen MR) is 111 cm³/mol. The largest absolute Gasteiger partial charge is 0.483 e. The molecule has 5 rings (SSSR count). The molecule has 168 valence electrons. The number of nitrogens with one attached hydrogen (secondary N) is 1. The highest BCUT2D eigenvalue weighted by atomic mass is 32.2. The first-order chi connectivity index (χ1) is 15.2. The molecule has 0 unspecified atom stereocenters. The van der Waals surface area contributed by atoms with Crippen molar-refractivity contribution in [2.75, 3.05) is 6.26 Å². The first-order valence-electron chi connectivity index (χ1n) is 10.2. The molecule has 1 fully saturated rings. The molecule has 1 spiro atoms. The summed E-state index contributed by atoms with van der Waals surface area (Å²) < 4.78 is 67.1. The normalized spacial score (nSPS) is 22.7. The Morgan fingerprint density at radius 1 is 1.25 bits per heavy atom. The molecule has 3 aromatic rings. The standard InChI is InChI=1S/C22H21F2N3O4S/c1-32(28,29)27-14-5-6-22(9-14)8-13-7-19(25-10-18(13)24)16-3-2-4-17(23)20(16)30-11-15-12-31-21(22)26-15/h2-4,7,10,12,14,27H,5-6,8-9,11H2,1H3/t14-,22+/m0/s1. The lowest BCUT2D eigenvalue weighted by atomic mass is 9.79. The van der Waals surface area contributed by atoms with Gasteiger partial charge in [0.25, 0.3) is 0 Å². The van der Waals surface area contributed by atoms with Crippen LogP contribution in [-0.4, -0.2) is 30.7 Å². The maximum atomic E-state index is 14.9. The number of rotatable bonds is 2. The van der Waals surface area contributed by atoms with Gasteiger partial charge in [0.15, 0.2) is 11.6 Å². The number of benzene rings is 1. The first-order valence-corrected chi connectivity index (χ1v) is 12.1. The maximum absolute atomic E-state index is 14.9. The Labute approximate surface area is 183 Å². The van der Waals surface area contributed by atoms with E-state index < -0.39 is 27.1 Å². The highest BCUT2D eigenvalue weighted by molar-refractivity contribution is 7.88. The van der Waals surface area contributed by atoms with Crippen LogP contribution < -0.4 is 9.46 Å². The minimum atomic E-state index is -3.40. The highest BCUT2D eigenvalue weighted by Gasteiger charge is 2.45. The lowest BCUT2D eigenvalue weighted by molar-refractivity contribution is 0.286. The van der Waals surface area contributed by atoms with Crippen molar-refractivity contribution in [1.29, 1.82) is 0 Å². The van der Waals surface area contributed by atoms with Gasteiger partial charge in [0, 0.05) is 11.6 Å². The van der Waals surface area contributed by atoms with Gasteiger partial charge in [-0.25, -0.2) is 26.9 Å². The van der Waals surface area contributed by atoms with Gasteiger partial charge in [-0.05, 0) is 49.4 Å². The minimum absolute atomic E-state index is 0.00989. The van der Waals surface area contributed by atoms with Crippen molar-refractivity contribution < 1.29 is 26.4 Å². The molecule has 10 heteroatoms. The van der Waals surface area contributed by atoms with Crippen LogP contribution in [0.1, 0.15) is 36.4 Å². The second-order valence-corrected chi connectivity index (χ2v) is 10.3. The number of para-hydroxylation sites is 1. The smallest absolute Gasteiger partial charge is 0.208 e. The number of aromatic nitrogens is 2. The number of pyridine rings is 1. The molecular weight excluding hydrogens is 440 g/mol. The van der Waals surface area contributed by atoms with Crippen molar-refractivity contribution >= 4 is 10.0 Å². The highest BCUT2D eigenvalue weighted by Crippen LogP contribution is 2.45. The van der Waals surface area contributed by atoms with Crippen LogP contribution in [0, 0.1) is 11.6 Å². The quantitative estimate of drug-likeness (QED) is 0.628. The van der Waals surface area contributed by atoms with Crippen LogP contribution in [0.25, 0.3) is 11.3 Å². The van der Waals surface area contributed by atoms with Crippen molar-refractivity contribution in [2.24, 2.45) is 0 Å². The summed E-state index contributed by atoms with van der Waals surface area (Å²) in [6, 6.07) is 5.76. The topological polar surface area (TPSA) is 94.3 Å². The van der Waals surface area contributed by atoms with E-state index >= 15 is 0 Å². The number of sulfonamides is 1. The van der Waals surface area contributed by atoms with Crippen LogP contribution in [0.5, 0.6) is 5.75 Å². The monoisotopic (exact) mass is 461 g/mol. The van der Waals surface area contributed by atoms with E-state index in [0.717, 1.165) is 12.5 Å². The van der Waals surface area contributed by atoms with E-state index in [0.29, 0.717) is 47.7 Å². The van der Waals surface area contributed by atoms with E-state index in [1.807, 2.05) is 0 Å². The molecule has 0 radical (unpaired) electrons. The van der Waals surface area contributed by atoms with Gasteiger partial charge >= 0.3 is 0 Å². The number of ether oxygens (including phenoxy) is 1. The van der Waals surface area contributed by atoms with Crippen LogP contribution in [0.3, 0.4) is 0 Å². The van der Waals surface area contributed by atoms with Crippen molar-refractivity contribution in [3.63, 3.8) is 0 Å². The zero-order valence-electron chi connectivity index (χ0n) is 17.3. The van der Waals surface area contributed by atoms with Gasteiger partial charge in [0.05, 0.1) is 23.6 Å². The Kier molecular flexibility index (Phi) is 5.01. The van der Waals surface area contributed by atoms with Gasteiger partial charge in [-0.2, -0.15) is 0 Å². The Balaban J connectivity index is 1.63. The second-order valence-electron chi connectivity index (χ2n) is 8.50. The van der Waals surface area contributed by atoms with Crippen LogP contribution in [-0.2, 0) is 28.5 Å². The molecule has 2 aromatic heterocycles. The number of nitrogens with zero attached hydrogens (tertiary/aromatic N) is 2. The zero-order chi connectivity index (χ0) is 22.5. The van der Waals surface area contributed by atoms with E-state index in [9.17, 15) is 17.2 Å². The zero-order valence-corrected chi connectivity index (χ0v) is 18.1. The first kappa shape index (κ1) is 21.0. The van der Waals surface area contributed by atoms with Crippen LogP contribution in [0.2, 0.25) is 0 Å². The van der Waals surface area contributed by atoms with Crippen LogP contribution in [0.15, 0.2) is 41.1 Å². The molecular formula is C22H21F2N3O4S. The third-order valence-electron chi connectivity index (χ3n) is 6.07. The molecule has 1 aliphatic heterocycles. The van der Waals surface area contributed by atoms with Gasteiger partial charge in [-0.15, -0.1) is 0 Å². The van der Waals surface area contributed by atoms with Crippen molar-refractivity contribution in [1.82, 2.24) is 14.7 Å². The molecule has 32 heavy (non-hydrogen) atoms. The molecule has 1 N–H and O–H groups in total. The van der Waals surface area contributed by atoms with E-state index in [2.05, 4.69) is 14.7 Å². The maximum Gasteiger partial charge on any atom is 0.208 e. The summed E-state index contributed by atoms with van der Waals surface area (Å²) in [5.74, 6) is -0.662. The summed E-state index contributed by atoms with van der Waals surface area (Å²) in [5.41, 5.74) is 0.924. The average Bonchev–Trinajstić information content (AvgIpc) is 3.35. The Bertz CT molecular complexity index is 1290. The molecule has 1 saturated carbocycles. The second kappa shape index (κ2) is 7.63. The molecule has 3 heterocycles. The van der Waals surface area contributed by atoms with Crippen molar-refractivity contribution in [3.05, 3.63) is 65.5 Å². The molecule has 0 amide bonds. The molecule has 2 aliphatic rings. The number of hydrogen-bond acceptors (Lipinski definition) is 6. The van der Waals surface area contributed by atoms with Crippen molar-refractivity contribution in [2.45, 2.75) is 43.7 Å². The van der Waals surface area contributed by atoms with Crippen LogP contribution >= 0.6 is 0 Å². The van der Waals surface area contributed by atoms with Gasteiger partial charge in [-0.1, -0.05) is 6.07 Å². The molecule has 1 aromatic carbocycles. The van der Waals surface area contributed by atoms with E-state index in [1.54, 1.807) is 18.2 Å². The summed E-state index contributed by atoms with van der Waals surface area (Å²) in [6.07, 6.45) is 5.44. The van der Waals surface area contributed by atoms with Crippen molar-refractivity contribution in [3.8, 4) is 17.0 Å². The minimum Gasteiger partial charge on any atom is -0.483 e. The van der Waals surface area contributed by atoms with Gasteiger partial charge < -0.3 is 9.15 Å².